The normalized spacial score (nSPS) is 12.5. The van der Waals surface area contributed by atoms with Gasteiger partial charge in [-0.05, 0) is 12.1 Å². The molecule has 0 saturated heterocycles. The van der Waals surface area contributed by atoms with Crippen LogP contribution in [0.3, 0.4) is 0 Å². The molecular formula is C8H22OSi2. The van der Waals surface area contributed by atoms with Crippen molar-refractivity contribution < 1.29 is 4.12 Å². The van der Waals surface area contributed by atoms with E-state index >= 15 is 0 Å². The van der Waals surface area contributed by atoms with Crippen molar-refractivity contribution in [2.24, 2.45) is 0 Å². The molecule has 0 heterocycles. The minimum absolute atomic E-state index is 0.0659. The summed E-state index contributed by atoms with van der Waals surface area (Å²) in [5.41, 5.74) is 0. The third-order valence-corrected chi connectivity index (χ3v) is 5.67. The molecule has 0 unspecified atom stereocenters. The lowest BCUT2D eigenvalue weighted by Gasteiger charge is -2.01. The Morgan fingerprint density at radius 2 is 1.36 bits per heavy atom. The first kappa shape index (κ1) is 11.4. The lowest BCUT2D eigenvalue weighted by molar-refractivity contribution is 0.620. The molecule has 0 saturated carbocycles. The summed E-state index contributed by atoms with van der Waals surface area (Å²) in [5, 5.41) is 0. The molecule has 11 heavy (non-hydrogen) atoms. The van der Waals surface area contributed by atoms with E-state index in [4.69, 9.17) is 4.12 Å². The van der Waals surface area contributed by atoms with Gasteiger partial charge in [0.1, 0.15) is 19.5 Å². The highest BCUT2D eigenvalue weighted by atomic mass is 28.3. The molecule has 0 aromatic carbocycles. The van der Waals surface area contributed by atoms with Crippen molar-refractivity contribution in [3.8, 4) is 0 Å². The molecule has 0 aromatic rings. The Hall–Kier alpha value is 0.394. The highest BCUT2D eigenvalue weighted by molar-refractivity contribution is 6.42. The van der Waals surface area contributed by atoms with Crippen LogP contribution in [-0.4, -0.2) is 19.5 Å². The Morgan fingerprint density at radius 1 is 0.909 bits per heavy atom. The van der Waals surface area contributed by atoms with Crippen molar-refractivity contribution in [2.45, 2.75) is 51.6 Å². The van der Waals surface area contributed by atoms with Gasteiger partial charge in [-0.2, -0.15) is 0 Å². The van der Waals surface area contributed by atoms with Crippen molar-refractivity contribution in [2.75, 3.05) is 0 Å². The molecule has 0 rings (SSSR count). The highest BCUT2D eigenvalue weighted by Gasteiger charge is 1.89. The standard InChI is InChI=1S/C8H22OSi2/c1-3-5-7-10-9-11-8-6-4-2/h3-8,10-11H2,1-2H3. The van der Waals surface area contributed by atoms with E-state index in [1.807, 2.05) is 0 Å². The second-order valence-corrected chi connectivity index (χ2v) is 6.89. The second kappa shape index (κ2) is 10.4. The van der Waals surface area contributed by atoms with Crippen molar-refractivity contribution in [1.29, 1.82) is 0 Å². The Morgan fingerprint density at radius 3 is 1.73 bits per heavy atom. The zero-order valence-electron chi connectivity index (χ0n) is 8.07. The average Bonchev–Trinajstić information content (AvgIpc) is 2.03. The SMILES string of the molecule is CCCC[SiH2]O[SiH2]CCCC. The van der Waals surface area contributed by atoms with E-state index in [1.54, 1.807) is 0 Å². The van der Waals surface area contributed by atoms with E-state index in [0.717, 1.165) is 0 Å². The number of hydrogen-bond donors (Lipinski definition) is 0. The van der Waals surface area contributed by atoms with E-state index in [-0.39, 0.29) is 19.5 Å². The molecule has 0 aliphatic carbocycles. The third-order valence-electron chi connectivity index (χ3n) is 1.78. The maximum atomic E-state index is 5.72. The van der Waals surface area contributed by atoms with Crippen molar-refractivity contribution in [3.63, 3.8) is 0 Å². The quantitative estimate of drug-likeness (QED) is 0.417. The van der Waals surface area contributed by atoms with E-state index in [9.17, 15) is 0 Å². The van der Waals surface area contributed by atoms with Crippen LogP contribution >= 0.6 is 0 Å². The maximum absolute atomic E-state index is 5.72. The molecule has 1 nitrogen and oxygen atoms in total. The van der Waals surface area contributed by atoms with E-state index in [0.29, 0.717) is 0 Å². The lowest BCUT2D eigenvalue weighted by Crippen LogP contribution is -2.02. The second-order valence-electron chi connectivity index (χ2n) is 3.03. The van der Waals surface area contributed by atoms with Gasteiger partial charge in [-0.3, -0.25) is 0 Å². The minimum Gasteiger partial charge on any atom is -0.465 e. The number of hydrogen-bond acceptors (Lipinski definition) is 1. The smallest absolute Gasteiger partial charge is 0.146 e. The van der Waals surface area contributed by atoms with Gasteiger partial charge in [0, 0.05) is 0 Å². The van der Waals surface area contributed by atoms with Gasteiger partial charge < -0.3 is 4.12 Å². The fraction of sp³-hybridized carbons (Fsp3) is 1.00. The van der Waals surface area contributed by atoms with Gasteiger partial charge in [-0.15, -0.1) is 0 Å². The van der Waals surface area contributed by atoms with Crippen LogP contribution in [0, 0.1) is 0 Å². The van der Waals surface area contributed by atoms with Crippen LogP contribution in [0.2, 0.25) is 12.1 Å². The molecule has 0 spiro atoms. The largest absolute Gasteiger partial charge is 0.465 e. The molecule has 0 radical (unpaired) electrons. The molecule has 0 atom stereocenters. The van der Waals surface area contributed by atoms with Gasteiger partial charge in [0.15, 0.2) is 0 Å². The summed E-state index contributed by atoms with van der Waals surface area (Å²) in [5.74, 6) is 0. The molecule has 0 bridgehead atoms. The lowest BCUT2D eigenvalue weighted by atomic mass is 10.4. The summed E-state index contributed by atoms with van der Waals surface area (Å²) in [6.45, 7) is 4.51. The number of unbranched alkanes of at least 4 members (excludes halogenated alkanes) is 2. The predicted octanol–water partition coefficient (Wildman–Crippen LogP) is 1.61. The Labute approximate surface area is 75.8 Å². The van der Waals surface area contributed by atoms with Gasteiger partial charge in [0.2, 0.25) is 0 Å². The van der Waals surface area contributed by atoms with Crippen molar-refractivity contribution in [3.05, 3.63) is 0 Å². The van der Waals surface area contributed by atoms with Crippen LogP contribution in [0.25, 0.3) is 0 Å². The molecule has 0 fully saturated rings. The summed E-state index contributed by atoms with van der Waals surface area (Å²) in [6, 6.07) is 2.82. The Kier molecular flexibility index (Phi) is 10.8. The van der Waals surface area contributed by atoms with E-state index in [2.05, 4.69) is 13.8 Å². The van der Waals surface area contributed by atoms with E-state index < -0.39 is 0 Å². The van der Waals surface area contributed by atoms with Crippen molar-refractivity contribution in [1.82, 2.24) is 0 Å². The zero-order valence-corrected chi connectivity index (χ0v) is 10.9. The maximum Gasteiger partial charge on any atom is 0.146 e. The summed E-state index contributed by atoms with van der Waals surface area (Å²) in [4.78, 5) is 0. The van der Waals surface area contributed by atoms with Crippen LogP contribution < -0.4 is 0 Å². The highest BCUT2D eigenvalue weighted by Crippen LogP contribution is 1.96. The molecule has 0 N–H and O–H groups in total. The van der Waals surface area contributed by atoms with Gasteiger partial charge in [0.05, 0.1) is 0 Å². The van der Waals surface area contributed by atoms with Crippen molar-refractivity contribution >= 4 is 19.5 Å². The average molecular weight is 190 g/mol. The van der Waals surface area contributed by atoms with Gasteiger partial charge >= 0.3 is 0 Å². The summed E-state index contributed by atoms with van der Waals surface area (Å²) < 4.78 is 5.72. The van der Waals surface area contributed by atoms with Gasteiger partial charge in [-0.1, -0.05) is 39.5 Å². The van der Waals surface area contributed by atoms with Crippen LogP contribution in [-0.2, 0) is 4.12 Å². The summed E-state index contributed by atoms with van der Waals surface area (Å²) >= 11 is 0. The molecule has 0 aromatic heterocycles. The van der Waals surface area contributed by atoms with Gasteiger partial charge in [0.25, 0.3) is 0 Å². The van der Waals surface area contributed by atoms with E-state index in [1.165, 1.54) is 37.8 Å². The fourth-order valence-corrected chi connectivity index (χ4v) is 4.87. The number of rotatable bonds is 8. The van der Waals surface area contributed by atoms with Gasteiger partial charge in [-0.25, -0.2) is 0 Å². The molecule has 0 aliphatic heterocycles. The topological polar surface area (TPSA) is 9.23 Å². The zero-order chi connectivity index (χ0) is 8.36. The monoisotopic (exact) mass is 190 g/mol. The summed E-state index contributed by atoms with van der Waals surface area (Å²) in [6.07, 6.45) is 5.47. The molecular weight excluding hydrogens is 168 g/mol. The minimum atomic E-state index is -0.0659. The Bertz CT molecular complexity index is 61.1. The van der Waals surface area contributed by atoms with Crippen LogP contribution in [0.5, 0.6) is 0 Å². The van der Waals surface area contributed by atoms with Crippen LogP contribution in [0.15, 0.2) is 0 Å². The first-order valence-electron chi connectivity index (χ1n) is 4.99. The van der Waals surface area contributed by atoms with Crippen LogP contribution in [0.4, 0.5) is 0 Å². The molecule has 0 amide bonds. The third kappa shape index (κ3) is 10.4. The fourth-order valence-electron chi connectivity index (χ4n) is 1.01. The molecule has 0 aliphatic rings. The van der Waals surface area contributed by atoms with Crippen LogP contribution in [0.1, 0.15) is 39.5 Å². The molecule has 68 valence electrons. The predicted molar refractivity (Wildman–Crippen MR) is 57.6 cm³/mol. The molecule has 3 heteroatoms. The first-order valence-corrected chi connectivity index (χ1v) is 8.15. The summed E-state index contributed by atoms with van der Waals surface area (Å²) in [7, 11) is -0.132. The Balaban J connectivity index is 2.69. The first-order chi connectivity index (χ1) is 5.41.